The van der Waals surface area contributed by atoms with Crippen molar-refractivity contribution in [2.75, 3.05) is 13.2 Å². The number of esters is 3. The van der Waals surface area contributed by atoms with Crippen molar-refractivity contribution in [3.8, 4) is 0 Å². The van der Waals surface area contributed by atoms with Gasteiger partial charge in [-0.3, -0.25) is 14.4 Å². The molecule has 0 spiro atoms. The highest BCUT2D eigenvalue weighted by Gasteiger charge is 2.19. The molecule has 63 heavy (non-hydrogen) atoms. The Balaban J connectivity index is 4.33. The van der Waals surface area contributed by atoms with E-state index < -0.39 is 6.10 Å². The average molecular weight is 883 g/mol. The van der Waals surface area contributed by atoms with Crippen LogP contribution in [0.15, 0.2) is 48.6 Å². The zero-order chi connectivity index (χ0) is 45.8. The van der Waals surface area contributed by atoms with Gasteiger partial charge >= 0.3 is 17.9 Å². The first-order chi connectivity index (χ1) is 31.0. The molecule has 0 bridgehead atoms. The van der Waals surface area contributed by atoms with Crippen molar-refractivity contribution in [3.05, 3.63) is 48.6 Å². The van der Waals surface area contributed by atoms with Crippen LogP contribution in [-0.4, -0.2) is 37.2 Å². The van der Waals surface area contributed by atoms with Gasteiger partial charge in [0.2, 0.25) is 0 Å². The molecule has 0 aromatic rings. The van der Waals surface area contributed by atoms with Crippen molar-refractivity contribution >= 4 is 17.9 Å². The fourth-order valence-electron chi connectivity index (χ4n) is 7.73. The maximum atomic E-state index is 12.8. The van der Waals surface area contributed by atoms with Crippen LogP contribution in [0.5, 0.6) is 0 Å². The molecule has 0 saturated heterocycles. The Kier molecular flexibility index (Phi) is 49.8. The lowest BCUT2D eigenvalue weighted by atomic mass is 10.0. The van der Waals surface area contributed by atoms with Crippen LogP contribution in [0.3, 0.4) is 0 Å². The minimum Gasteiger partial charge on any atom is -0.462 e. The molecule has 0 saturated carbocycles. The highest BCUT2D eigenvalue weighted by Crippen LogP contribution is 2.16. The number of hydrogen-bond acceptors (Lipinski definition) is 6. The minimum absolute atomic E-state index is 0.0809. The molecule has 0 amide bonds. The summed E-state index contributed by atoms with van der Waals surface area (Å²) in [5.41, 5.74) is 0. The molecule has 0 heterocycles. The van der Waals surface area contributed by atoms with Gasteiger partial charge in [0.05, 0.1) is 0 Å². The normalized spacial score (nSPS) is 12.4. The molecule has 1 atom stereocenters. The second kappa shape index (κ2) is 52.0. The van der Waals surface area contributed by atoms with Crippen molar-refractivity contribution in [1.29, 1.82) is 0 Å². The van der Waals surface area contributed by atoms with Crippen LogP contribution >= 0.6 is 0 Å². The van der Waals surface area contributed by atoms with E-state index in [1.807, 2.05) is 0 Å². The lowest BCUT2D eigenvalue weighted by molar-refractivity contribution is -0.167. The van der Waals surface area contributed by atoms with Gasteiger partial charge in [-0.2, -0.15) is 0 Å². The van der Waals surface area contributed by atoms with Gasteiger partial charge in [0, 0.05) is 19.3 Å². The van der Waals surface area contributed by atoms with Crippen LogP contribution in [0, 0.1) is 0 Å². The van der Waals surface area contributed by atoms with Gasteiger partial charge in [-0.25, -0.2) is 0 Å². The minimum atomic E-state index is -0.780. The van der Waals surface area contributed by atoms with Crippen molar-refractivity contribution < 1.29 is 28.6 Å². The summed E-state index contributed by atoms with van der Waals surface area (Å²) in [6.45, 7) is 6.49. The largest absolute Gasteiger partial charge is 0.462 e. The summed E-state index contributed by atoms with van der Waals surface area (Å²) in [5.74, 6) is -0.896. The molecule has 0 N–H and O–H groups in total. The predicted molar refractivity (Wildman–Crippen MR) is 270 cm³/mol. The van der Waals surface area contributed by atoms with E-state index >= 15 is 0 Å². The van der Waals surface area contributed by atoms with Crippen molar-refractivity contribution in [3.63, 3.8) is 0 Å². The maximum Gasteiger partial charge on any atom is 0.306 e. The van der Waals surface area contributed by atoms with Gasteiger partial charge < -0.3 is 14.2 Å². The smallest absolute Gasteiger partial charge is 0.306 e. The molecule has 0 fully saturated rings. The zero-order valence-corrected chi connectivity index (χ0v) is 41.8. The molecule has 0 aromatic heterocycles. The van der Waals surface area contributed by atoms with E-state index in [0.717, 1.165) is 103 Å². The lowest BCUT2D eigenvalue weighted by Crippen LogP contribution is -2.30. The fraction of sp³-hybridized carbons (Fsp3) is 0.807. The fourth-order valence-corrected chi connectivity index (χ4v) is 7.73. The highest BCUT2D eigenvalue weighted by atomic mass is 16.6. The second-order valence-electron chi connectivity index (χ2n) is 18.1. The van der Waals surface area contributed by atoms with E-state index in [0.29, 0.717) is 19.3 Å². The van der Waals surface area contributed by atoms with Crippen LogP contribution in [0.1, 0.15) is 278 Å². The Labute approximate surface area is 390 Å². The quantitative estimate of drug-likeness (QED) is 0.0262. The van der Waals surface area contributed by atoms with Gasteiger partial charge in [-0.1, -0.05) is 236 Å². The molecule has 0 rings (SSSR count). The van der Waals surface area contributed by atoms with Crippen molar-refractivity contribution in [2.24, 2.45) is 0 Å². The number of ether oxygens (including phenoxy) is 3. The first-order valence-corrected chi connectivity index (χ1v) is 27.1. The number of hydrogen-bond donors (Lipinski definition) is 0. The summed E-state index contributed by atoms with van der Waals surface area (Å²) < 4.78 is 16.8. The maximum absolute atomic E-state index is 12.8. The predicted octanol–water partition coefficient (Wildman–Crippen LogP) is 17.9. The van der Waals surface area contributed by atoms with Crippen molar-refractivity contribution in [2.45, 2.75) is 284 Å². The first-order valence-electron chi connectivity index (χ1n) is 27.1. The molecule has 0 unspecified atom stereocenters. The summed E-state index contributed by atoms with van der Waals surface area (Å²) in [7, 11) is 0. The molecule has 0 aromatic carbocycles. The molecular weight excluding hydrogens is 781 g/mol. The van der Waals surface area contributed by atoms with Gasteiger partial charge in [0.25, 0.3) is 0 Å². The van der Waals surface area contributed by atoms with E-state index in [4.69, 9.17) is 14.2 Å². The van der Waals surface area contributed by atoms with Crippen molar-refractivity contribution in [1.82, 2.24) is 0 Å². The summed E-state index contributed by atoms with van der Waals surface area (Å²) in [6, 6.07) is 0. The van der Waals surface area contributed by atoms with E-state index in [1.165, 1.54) is 135 Å². The number of carbonyl (C=O) groups excluding carboxylic acids is 3. The Hall–Kier alpha value is -2.63. The van der Waals surface area contributed by atoms with E-state index in [1.54, 1.807) is 0 Å². The van der Waals surface area contributed by atoms with Gasteiger partial charge in [-0.05, 0) is 70.6 Å². The Morgan fingerprint density at radius 1 is 0.333 bits per heavy atom. The summed E-state index contributed by atoms with van der Waals surface area (Å²) >= 11 is 0. The monoisotopic (exact) mass is 883 g/mol. The van der Waals surface area contributed by atoms with E-state index in [9.17, 15) is 14.4 Å². The zero-order valence-electron chi connectivity index (χ0n) is 41.8. The molecule has 0 aliphatic rings. The molecular formula is C57H102O6. The SMILES string of the molecule is CC/C=C\C/C=C\C/C=C\CCCCCCCC(=O)OC[C@H](COC(=O)CCCCCCC/C=C\CCCC)OC(=O)CCCCCCCCCCCCCCCCCCCCC. The third-order valence-electron chi connectivity index (χ3n) is 11.8. The van der Waals surface area contributed by atoms with Crippen LogP contribution in [-0.2, 0) is 28.6 Å². The Bertz CT molecular complexity index is 1110. The Morgan fingerprint density at radius 3 is 1.03 bits per heavy atom. The summed E-state index contributed by atoms with van der Waals surface area (Å²) in [6.07, 6.45) is 62.4. The van der Waals surface area contributed by atoms with Gasteiger partial charge in [0.1, 0.15) is 13.2 Å². The molecule has 6 nitrogen and oxygen atoms in total. The third-order valence-corrected chi connectivity index (χ3v) is 11.8. The van der Waals surface area contributed by atoms with Crippen LogP contribution < -0.4 is 0 Å². The van der Waals surface area contributed by atoms with E-state index in [2.05, 4.69) is 69.4 Å². The number of unbranched alkanes of at least 4 members (excludes halogenated alkanes) is 30. The average Bonchev–Trinajstić information content (AvgIpc) is 3.28. The standard InChI is InChI=1S/C57H102O6/c1-4-7-10-13-16-19-22-24-26-27-28-29-31-33-36-39-42-45-48-51-57(60)63-54(52-61-55(58)49-46-43-40-37-34-21-18-15-12-9-6-3)53-62-56(59)50-47-44-41-38-35-32-30-25-23-20-17-14-11-8-5-2/h8,11,15,17-18,20,25,30,54H,4-7,9-10,12-14,16,19,21-24,26-29,31-53H2,1-3H3/b11-8-,18-15-,20-17-,30-25-/t54-/m0/s1. The van der Waals surface area contributed by atoms with Gasteiger partial charge in [0.15, 0.2) is 6.10 Å². The lowest BCUT2D eigenvalue weighted by Gasteiger charge is -2.18. The topological polar surface area (TPSA) is 78.9 Å². The third kappa shape index (κ3) is 50.2. The van der Waals surface area contributed by atoms with Gasteiger partial charge in [-0.15, -0.1) is 0 Å². The first kappa shape index (κ1) is 60.4. The number of rotatable bonds is 49. The molecule has 0 aliphatic heterocycles. The number of allylic oxidation sites excluding steroid dienone is 8. The summed E-state index contributed by atoms with van der Waals surface area (Å²) in [4.78, 5) is 38.0. The molecule has 0 radical (unpaired) electrons. The molecule has 366 valence electrons. The van der Waals surface area contributed by atoms with Crippen LogP contribution in [0.25, 0.3) is 0 Å². The summed E-state index contributed by atoms with van der Waals surface area (Å²) in [5, 5.41) is 0. The Morgan fingerprint density at radius 2 is 0.635 bits per heavy atom. The highest BCUT2D eigenvalue weighted by molar-refractivity contribution is 5.71. The molecule has 0 aliphatic carbocycles. The number of carbonyl (C=O) groups is 3. The molecule has 6 heteroatoms. The van der Waals surface area contributed by atoms with Crippen LogP contribution in [0.4, 0.5) is 0 Å². The van der Waals surface area contributed by atoms with Crippen LogP contribution in [0.2, 0.25) is 0 Å². The van der Waals surface area contributed by atoms with E-state index in [-0.39, 0.29) is 31.1 Å². The second-order valence-corrected chi connectivity index (χ2v) is 18.1.